The molecule has 0 atom stereocenters. The quantitative estimate of drug-likeness (QED) is 0.874. The summed E-state index contributed by atoms with van der Waals surface area (Å²) in [6.45, 7) is 0.749. The minimum Gasteiger partial charge on any atom is -0.372 e. The van der Waals surface area contributed by atoms with E-state index in [2.05, 4.69) is 31.5 Å². The van der Waals surface area contributed by atoms with Crippen molar-refractivity contribution < 1.29 is 4.79 Å². The molecule has 0 aliphatic heterocycles. The van der Waals surface area contributed by atoms with Crippen LogP contribution < -0.4 is 10.6 Å². The van der Waals surface area contributed by atoms with Crippen LogP contribution in [0.3, 0.4) is 0 Å². The van der Waals surface area contributed by atoms with Crippen LogP contribution in [-0.4, -0.2) is 24.5 Å². The van der Waals surface area contributed by atoms with E-state index in [1.807, 2.05) is 0 Å². The standard InChI is InChI=1S/C14H20BrN3O/c1-16-13-12(8-11(15)9-18-13)14(19)17-7-6-10-4-2-3-5-10/h8-10H,2-7H2,1H3,(H,16,18)(H,17,19). The summed E-state index contributed by atoms with van der Waals surface area (Å²) in [5.74, 6) is 1.35. The fourth-order valence-corrected chi connectivity index (χ4v) is 2.93. The molecule has 1 aromatic rings. The molecular formula is C14H20BrN3O. The zero-order valence-corrected chi connectivity index (χ0v) is 12.8. The molecule has 0 aromatic carbocycles. The number of carbonyl (C=O) groups is 1. The molecule has 1 aromatic heterocycles. The van der Waals surface area contributed by atoms with Gasteiger partial charge in [-0.25, -0.2) is 4.98 Å². The third-order valence-electron chi connectivity index (χ3n) is 3.65. The summed E-state index contributed by atoms with van der Waals surface area (Å²) < 4.78 is 0.812. The van der Waals surface area contributed by atoms with E-state index in [0.29, 0.717) is 11.4 Å². The number of aromatic nitrogens is 1. The first-order valence-electron chi connectivity index (χ1n) is 6.82. The van der Waals surface area contributed by atoms with Gasteiger partial charge >= 0.3 is 0 Å². The van der Waals surface area contributed by atoms with Gasteiger partial charge in [0.1, 0.15) is 5.82 Å². The lowest BCUT2D eigenvalue weighted by Gasteiger charge is -2.11. The molecule has 2 rings (SSSR count). The molecule has 0 unspecified atom stereocenters. The van der Waals surface area contributed by atoms with Crippen LogP contribution in [0.4, 0.5) is 5.82 Å². The molecule has 1 aliphatic carbocycles. The van der Waals surface area contributed by atoms with Crippen molar-refractivity contribution in [2.45, 2.75) is 32.1 Å². The summed E-state index contributed by atoms with van der Waals surface area (Å²) in [6, 6.07) is 1.80. The van der Waals surface area contributed by atoms with Crippen molar-refractivity contribution >= 4 is 27.7 Å². The Hall–Kier alpha value is -1.10. The second kappa shape index (κ2) is 6.89. The average Bonchev–Trinajstić information content (AvgIpc) is 2.91. The number of carbonyl (C=O) groups excluding carboxylic acids is 1. The lowest BCUT2D eigenvalue weighted by molar-refractivity contribution is 0.0952. The predicted molar refractivity (Wildman–Crippen MR) is 80.4 cm³/mol. The maximum Gasteiger partial charge on any atom is 0.255 e. The van der Waals surface area contributed by atoms with Gasteiger partial charge in [-0.05, 0) is 34.3 Å². The lowest BCUT2D eigenvalue weighted by atomic mass is 10.0. The molecule has 1 amide bonds. The number of hydrogen-bond donors (Lipinski definition) is 2. The molecule has 1 saturated carbocycles. The first-order chi connectivity index (χ1) is 9.20. The van der Waals surface area contributed by atoms with E-state index in [1.165, 1.54) is 25.7 Å². The third kappa shape index (κ3) is 3.93. The zero-order chi connectivity index (χ0) is 13.7. The third-order valence-corrected chi connectivity index (χ3v) is 4.08. The van der Waals surface area contributed by atoms with Crippen LogP contribution >= 0.6 is 15.9 Å². The van der Waals surface area contributed by atoms with Crippen LogP contribution in [0.15, 0.2) is 16.7 Å². The number of hydrogen-bond acceptors (Lipinski definition) is 3. The van der Waals surface area contributed by atoms with Crippen LogP contribution in [-0.2, 0) is 0 Å². The summed E-state index contributed by atoms with van der Waals surface area (Å²) in [7, 11) is 1.77. The first kappa shape index (κ1) is 14.3. The van der Waals surface area contributed by atoms with Crippen LogP contribution in [0.25, 0.3) is 0 Å². The molecule has 0 bridgehead atoms. The normalized spacial score (nSPS) is 15.5. The van der Waals surface area contributed by atoms with Gasteiger partial charge in [0.25, 0.3) is 5.91 Å². The molecule has 0 radical (unpaired) electrons. The van der Waals surface area contributed by atoms with Crippen molar-refractivity contribution in [2.24, 2.45) is 5.92 Å². The number of nitrogens with zero attached hydrogens (tertiary/aromatic N) is 1. The van der Waals surface area contributed by atoms with E-state index in [-0.39, 0.29) is 5.91 Å². The van der Waals surface area contributed by atoms with E-state index in [1.54, 1.807) is 19.3 Å². The monoisotopic (exact) mass is 325 g/mol. The minimum absolute atomic E-state index is 0.0591. The summed E-state index contributed by atoms with van der Waals surface area (Å²) in [5.41, 5.74) is 0.586. The fourth-order valence-electron chi connectivity index (χ4n) is 2.60. The molecule has 1 aliphatic rings. The molecule has 1 heterocycles. The maximum absolute atomic E-state index is 12.1. The number of pyridine rings is 1. The second-order valence-electron chi connectivity index (χ2n) is 4.99. The van der Waals surface area contributed by atoms with Gasteiger partial charge in [-0.2, -0.15) is 0 Å². The topological polar surface area (TPSA) is 54.0 Å². The fraction of sp³-hybridized carbons (Fsp3) is 0.571. The van der Waals surface area contributed by atoms with Gasteiger partial charge in [-0.3, -0.25) is 4.79 Å². The number of halogens is 1. The Kier molecular flexibility index (Phi) is 5.19. The minimum atomic E-state index is -0.0591. The van der Waals surface area contributed by atoms with E-state index >= 15 is 0 Å². The lowest BCUT2D eigenvalue weighted by Crippen LogP contribution is -2.26. The van der Waals surface area contributed by atoms with Crippen molar-refractivity contribution in [2.75, 3.05) is 18.9 Å². The largest absolute Gasteiger partial charge is 0.372 e. The van der Waals surface area contributed by atoms with E-state index < -0.39 is 0 Å². The van der Waals surface area contributed by atoms with Crippen molar-refractivity contribution in [3.05, 3.63) is 22.3 Å². The Balaban J connectivity index is 1.89. The zero-order valence-electron chi connectivity index (χ0n) is 11.2. The Morgan fingerprint density at radius 3 is 2.89 bits per heavy atom. The predicted octanol–water partition coefficient (Wildman–Crippen LogP) is 3.20. The molecule has 104 valence electrons. The summed E-state index contributed by atoms with van der Waals surface area (Å²) >= 11 is 3.35. The average molecular weight is 326 g/mol. The van der Waals surface area contributed by atoms with Crippen molar-refractivity contribution in [3.8, 4) is 0 Å². The number of nitrogens with one attached hydrogen (secondary N) is 2. The van der Waals surface area contributed by atoms with E-state index in [9.17, 15) is 4.79 Å². The summed E-state index contributed by atoms with van der Waals surface area (Å²) in [6.07, 6.45) is 8.09. The van der Waals surface area contributed by atoms with Gasteiger partial charge in [-0.15, -0.1) is 0 Å². The molecule has 5 heteroatoms. The molecular weight excluding hydrogens is 306 g/mol. The molecule has 2 N–H and O–H groups in total. The van der Waals surface area contributed by atoms with Gasteiger partial charge in [0, 0.05) is 24.3 Å². The molecule has 0 spiro atoms. The molecule has 4 nitrogen and oxygen atoms in total. The smallest absolute Gasteiger partial charge is 0.255 e. The highest BCUT2D eigenvalue weighted by atomic mass is 79.9. The van der Waals surface area contributed by atoms with E-state index in [0.717, 1.165) is 23.4 Å². The maximum atomic E-state index is 12.1. The van der Waals surface area contributed by atoms with Crippen molar-refractivity contribution in [3.63, 3.8) is 0 Å². The van der Waals surface area contributed by atoms with Crippen LogP contribution in [0, 0.1) is 5.92 Å². The van der Waals surface area contributed by atoms with Gasteiger partial charge in [0.05, 0.1) is 5.56 Å². The highest BCUT2D eigenvalue weighted by molar-refractivity contribution is 9.10. The molecule has 0 saturated heterocycles. The van der Waals surface area contributed by atoms with E-state index in [4.69, 9.17) is 0 Å². The highest BCUT2D eigenvalue weighted by Gasteiger charge is 2.16. The second-order valence-corrected chi connectivity index (χ2v) is 5.91. The van der Waals surface area contributed by atoms with Gasteiger partial charge < -0.3 is 10.6 Å². The Morgan fingerprint density at radius 1 is 1.47 bits per heavy atom. The van der Waals surface area contributed by atoms with Crippen LogP contribution in [0.1, 0.15) is 42.5 Å². The van der Waals surface area contributed by atoms with Gasteiger partial charge in [-0.1, -0.05) is 25.7 Å². The SMILES string of the molecule is CNc1ncc(Br)cc1C(=O)NCCC1CCCC1. The Bertz CT molecular complexity index is 444. The molecule has 19 heavy (non-hydrogen) atoms. The number of anilines is 1. The number of amides is 1. The Labute approximate surface area is 122 Å². The highest BCUT2D eigenvalue weighted by Crippen LogP contribution is 2.27. The summed E-state index contributed by atoms with van der Waals surface area (Å²) in [4.78, 5) is 16.3. The van der Waals surface area contributed by atoms with Gasteiger partial charge in [0.2, 0.25) is 0 Å². The Morgan fingerprint density at radius 2 is 2.21 bits per heavy atom. The van der Waals surface area contributed by atoms with Crippen molar-refractivity contribution in [1.82, 2.24) is 10.3 Å². The molecule has 1 fully saturated rings. The number of rotatable bonds is 5. The van der Waals surface area contributed by atoms with Crippen LogP contribution in [0.2, 0.25) is 0 Å². The van der Waals surface area contributed by atoms with Crippen molar-refractivity contribution in [1.29, 1.82) is 0 Å². The van der Waals surface area contributed by atoms with Gasteiger partial charge in [0.15, 0.2) is 0 Å². The first-order valence-corrected chi connectivity index (χ1v) is 7.61. The van der Waals surface area contributed by atoms with Crippen LogP contribution in [0.5, 0.6) is 0 Å². The summed E-state index contributed by atoms with van der Waals surface area (Å²) in [5, 5.41) is 5.93.